The summed E-state index contributed by atoms with van der Waals surface area (Å²) in [5.74, 6) is 2.09. The van der Waals surface area contributed by atoms with E-state index in [1.54, 1.807) is 0 Å². The Bertz CT molecular complexity index is 682. The van der Waals surface area contributed by atoms with Gasteiger partial charge in [-0.15, -0.1) is 5.10 Å². The van der Waals surface area contributed by atoms with Gasteiger partial charge in [-0.05, 0) is 38.8 Å². The van der Waals surface area contributed by atoms with E-state index in [1.165, 1.54) is 0 Å². The van der Waals surface area contributed by atoms with Crippen LogP contribution in [0.15, 0.2) is 34.7 Å². The molecule has 0 N–H and O–H groups in total. The van der Waals surface area contributed by atoms with Crippen molar-refractivity contribution in [3.8, 4) is 5.75 Å². The molecule has 2 aliphatic rings. The molecule has 2 fully saturated rings. The number of hydrogen-bond acceptors (Lipinski definition) is 6. The van der Waals surface area contributed by atoms with E-state index >= 15 is 0 Å². The molecule has 2 aromatic rings. The summed E-state index contributed by atoms with van der Waals surface area (Å²) < 4.78 is 17.9. The number of ether oxygens (including phenoxy) is 2. The highest BCUT2D eigenvalue weighted by Crippen LogP contribution is 2.40. The number of para-hydroxylation sites is 1. The van der Waals surface area contributed by atoms with Gasteiger partial charge in [-0.1, -0.05) is 23.3 Å². The van der Waals surface area contributed by atoms with E-state index in [-0.39, 0.29) is 11.7 Å². The fraction of sp³-hybridized carbons (Fsp3) is 0.556. The molecule has 0 radical (unpaired) electrons. The zero-order chi connectivity index (χ0) is 16.6. The molecule has 1 aliphatic carbocycles. The number of benzene rings is 1. The lowest BCUT2D eigenvalue weighted by molar-refractivity contribution is -0.0980. The van der Waals surface area contributed by atoms with Gasteiger partial charge in [-0.3, -0.25) is 0 Å². The molecule has 2 heterocycles. The van der Waals surface area contributed by atoms with Gasteiger partial charge in [-0.2, -0.15) is 0 Å². The van der Waals surface area contributed by atoms with Gasteiger partial charge in [-0.25, -0.2) is 0 Å². The first-order valence-electron chi connectivity index (χ1n) is 8.53. The highest BCUT2D eigenvalue weighted by molar-refractivity contribution is 5.28. The van der Waals surface area contributed by atoms with E-state index in [0.29, 0.717) is 25.1 Å². The molecule has 0 spiro atoms. The molecule has 1 saturated carbocycles. The lowest BCUT2D eigenvalue weighted by atomic mass is 10.1. The Morgan fingerprint density at radius 1 is 1.21 bits per heavy atom. The first-order chi connectivity index (χ1) is 11.6. The van der Waals surface area contributed by atoms with Crippen LogP contribution >= 0.6 is 0 Å². The van der Waals surface area contributed by atoms with Crippen LogP contribution in [0.1, 0.15) is 38.5 Å². The summed E-state index contributed by atoms with van der Waals surface area (Å²) in [7, 11) is 0. The fourth-order valence-corrected chi connectivity index (χ4v) is 3.08. The average Bonchev–Trinajstić information content (AvgIpc) is 3.29. The van der Waals surface area contributed by atoms with Crippen molar-refractivity contribution in [3.05, 3.63) is 36.2 Å². The van der Waals surface area contributed by atoms with E-state index in [9.17, 15) is 0 Å². The van der Waals surface area contributed by atoms with Crippen LogP contribution < -0.4 is 9.64 Å². The van der Waals surface area contributed by atoms with Gasteiger partial charge in [0.05, 0.1) is 18.7 Å². The van der Waals surface area contributed by atoms with Crippen molar-refractivity contribution in [2.75, 3.05) is 24.6 Å². The topological polar surface area (TPSA) is 60.6 Å². The number of anilines is 1. The van der Waals surface area contributed by atoms with E-state index < -0.39 is 0 Å². The smallest absolute Gasteiger partial charge is 0.318 e. The number of rotatable bonds is 5. The highest BCUT2D eigenvalue weighted by Gasteiger charge is 2.37. The van der Waals surface area contributed by atoms with Crippen LogP contribution in [0.3, 0.4) is 0 Å². The Hall–Kier alpha value is -2.08. The summed E-state index contributed by atoms with van der Waals surface area (Å²) in [6, 6.07) is 10.4. The largest absolute Gasteiger partial charge is 0.491 e. The van der Waals surface area contributed by atoms with Crippen molar-refractivity contribution in [2.45, 2.75) is 44.3 Å². The monoisotopic (exact) mass is 329 g/mol. The van der Waals surface area contributed by atoms with Gasteiger partial charge in [0.25, 0.3) is 0 Å². The predicted molar refractivity (Wildman–Crippen MR) is 89.4 cm³/mol. The van der Waals surface area contributed by atoms with Crippen LogP contribution in [0.25, 0.3) is 0 Å². The Kier molecular flexibility index (Phi) is 3.92. The lowest BCUT2D eigenvalue weighted by Crippen LogP contribution is -2.54. The summed E-state index contributed by atoms with van der Waals surface area (Å²) in [4.78, 5) is 2.11. The summed E-state index contributed by atoms with van der Waals surface area (Å²) in [5.41, 5.74) is -0.294. The van der Waals surface area contributed by atoms with Crippen LogP contribution in [0.4, 0.5) is 6.01 Å². The second kappa shape index (κ2) is 6.09. The standard InChI is InChI=1S/C18H23N3O3/c1-18(2)12-21(17-20-19-16(23-17)13-8-9-13)10-15(24-18)11-22-14-6-4-3-5-7-14/h3-7,13,15H,8-12H2,1-2H3. The molecule has 0 amide bonds. The minimum absolute atomic E-state index is 0.0507. The predicted octanol–water partition coefficient (Wildman–Crippen LogP) is 3.01. The molecule has 24 heavy (non-hydrogen) atoms. The molecule has 6 nitrogen and oxygen atoms in total. The maximum atomic E-state index is 6.16. The molecule has 1 unspecified atom stereocenters. The molecule has 6 heteroatoms. The molecule has 1 aromatic carbocycles. The number of hydrogen-bond donors (Lipinski definition) is 0. The third-order valence-corrected chi connectivity index (χ3v) is 4.29. The average molecular weight is 329 g/mol. The summed E-state index contributed by atoms with van der Waals surface area (Å²) in [6.45, 7) is 6.05. The van der Waals surface area contributed by atoms with E-state index in [1.807, 2.05) is 30.3 Å². The fourth-order valence-electron chi connectivity index (χ4n) is 3.08. The summed E-state index contributed by atoms with van der Waals surface area (Å²) >= 11 is 0. The van der Waals surface area contributed by atoms with Gasteiger partial charge >= 0.3 is 6.01 Å². The van der Waals surface area contributed by atoms with Crippen molar-refractivity contribution in [3.63, 3.8) is 0 Å². The van der Waals surface area contributed by atoms with Crippen molar-refractivity contribution < 1.29 is 13.9 Å². The Morgan fingerprint density at radius 2 is 2.00 bits per heavy atom. The van der Waals surface area contributed by atoms with Crippen LogP contribution in [0.5, 0.6) is 5.75 Å². The summed E-state index contributed by atoms with van der Waals surface area (Å²) in [5, 5.41) is 8.42. The summed E-state index contributed by atoms with van der Waals surface area (Å²) in [6.07, 6.45) is 2.26. The zero-order valence-corrected chi connectivity index (χ0v) is 14.1. The maximum absolute atomic E-state index is 6.16. The Morgan fingerprint density at radius 3 is 2.75 bits per heavy atom. The lowest BCUT2D eigenvalue weighted by Gasteiger charge is -2.41. The van der Waals surface area contributed by atoms with Gasteiger partial charge in [0.15, 0.2) is 0 Å². The molecule has 4 rings (SSSR count). The van der Waals surface area contributed by atoms with E-state index in [2.05, 4.69) is 28.9 Å². The third-order valence-electron chi connectivity index (χ3n) is 4.29. The van der Waals surface area contributed by atoms with Crippen molar-refractivity contribution >= 4 is 6.01 Å². The normalized spacial score (nSPS) is 23.2. The molecule has 1 aromatic heterocycles. The van der Waals surface area contributed by atoms with Gasteiger partial charge in [0.1, 0.15) is 18.5 Å². The van der Waals surface area contributed by atoms with Crippen LogP contribution in [0.2, 0.25) is 0 Å². The van der Waals surface area contributed by atoms with Gasteiger partial charge in [0, 0.05) is 5.92 Å². The first-order valence-corrected chi connectivity index (χ1v) is 8.53. The number of morpholine rings is 1. The quantitative estimate of drug-likeness (QED) is 0.840. The van der Waals surface area contributed by atoms with E-state index in [4.69, 9.17) is 13.9 Å². The molecular weight excluding hydrogens is 306 g/mol. The molecule has 128 valence electrons. The van der Waals surface area contributed by atoms with E-state index in [0.717, 1.165) is 31.0 Å². The minimum atomic E-state index is -0.294. The highest BCUT2D eigenvalue weighted by atomic mass is 16.6. The van der Waals surface area contributed by atoms with Gasteiger partial charge in [0.2, 0.25) is 5.89 Å². The van der Waals surface area contributed by atoms with Crippen LogP contribution in [-0.4, -0.2) is 41.6 Å². The van der Waals surface area contributed by atoms with Crippen molar-refractivity contribution in [1.29, 1.82) is 0 Å². The maximum Gasteiger partial charge on any atom is 0.318 e. The van der Waals surface area contributed by atoms with Crippen LogP contribution in [0, 0.1) is 0 Å². The molecular formula is C18H23N3O3. The first kappa shape index (κ1) is 15.4. The minimum Gasteiger partial charge on any atom is -0.491 e. The van der Waals surface area contributed by atoms with Gasteiger partial charge < -0.3 is 18.8 Å². The molecule has 1 atom stereocenters. The van der Waals surface area contributed by atoms with Crippen molar-refractivity contribution in [1.82, 2.24) is 10.2 Å². The third kappa shape index (κ3) is 3.53. The molecule has 1 saturated heterocycles. The van der Waals surface area contributed by atoms with Crippen molar-refractivity contribution in [2.24, 2.45) is 0 Å². The second-order valence-electron chi connectivity index (χ2n) is 7.20. The van der Waals surface area contributed by atoms with Crippen LogP contribution in [-0.2, 0) is 4.74 Å². The number of nitrogens with zero attached hydrogens (tertiary/aromatic N) is 3. The number of aromatic nitrogens is 2. The Labute approximate surface area is 141 Å². The SMILES string of the molecule is CC1(C)CN(c2nnc(C3CC3)o2)CC(COc2ccccc2)O1. The Balaban J connectivity index is 1.43. The molecule has 1 aliphatic heterocycles. The second-order valence-corrected chi connectivity index (χ2v) is 7.20. The molecule has 0 bridgehead atoms. The zero-order valence-electron chi connectivity index (χ0n) is 14.1.